The maximum Gasteiger partial charge on any atom is 0.186 e. The number of fused-ring (bicyclic) bond motifs is 1. The van der Waals surface area contributed by atoms with Gasteiger partial charge >= 0.3 is 0 Å². The van der Waals surface area contributed by atoms with Crippen LogP contribution in [0.4, 0.5) is 0 Å². The molecule has 3 aromatic rings. The number of hydrogen-bond donors (Lipinski definition) is 0. The Bertz CT molecular complexity index is 961. The summed E-state index contributed by atoms with van der Waals surface area (Å²) in [6.07, 6.45) is 3.26. The van der Waals surface area contributed by atoms with Crippen LogP contribution in [0.25, 0.3) is 17.0 Å². The second-order valence-corrected chi connectivity index (χ2v) is 5.65. The minimum Gasteiger partial charge on any atom is -0.493 e. The molecule has 0 aliphatic heterocycles. The molecule has 4 heteroatoms. The second-order valence-electron chi connectivity index (χ2n) is 5.65. The quantitative estimate of drug-likeness (QED) is 0.511. The Morgan fingerprint density at radius 1 is 1.00 bits per heavy atom. The minimum absolute atomic E-state index is 0.103. The predicted molar refractivity (Wildman–Crippen MR) is 99.4 cm³/mol. The number of hydrogen-bond acceptors (Lipinski definition) is 4. The monoisotopic (exact) mass is 333 g/mol. The van der Waals surface area contributed by atoms with Gasteiger partial charge in [0.15, 0.2) is 17.3 Å². The van der Waals surface area contributed by atoms with Gasteiger partial charge in [0.25, 0.3) is 0 Å². The highest BCUT2D eigenvalue weighted by molar-refractivity contribution is 6.08. The summed E-state index contributed by atoms with van der Waals surface area (Å²) in [6.45, 7) is 1.87. The van der Waals surface area contributed by atoms with E-state index in [0.717, 1.165) is 22.2 Å². The number of carbonyl (C=O) groups is 1. The maximum atomic E-state index is 12.6. The molecule has 3 rings (SSSR count). The third-order valence-electron chi connectivity index (χ3n) is 4.02. The Hall–Kier alpha value is -3.14. The molecular weight excluding hydrogens is 314 g/mol. The van der Waals surface area contributed by atoms with Crippen LogP contribution in [0.2, 0.25) is 0 Å². The van der Waals surface area contributed by atoms with E-state index in [0.29, 0.717) is 17.1 Å². The number of methoxy groups -OCH3 is 2. The number of rotatable bonds is 5. The van der Waals surface area contributed by atoms with E-state index in [1.54, 1.807) is 32.4 Å². The molecule has 0 saturated heterocycles. The van der Waals surface area contributed by atoms with Crippen LogP contribution in [0.15, 0.2) is 54.6 Å². The summed E-state index contributed by atoms with van der Waals surface area (Å²) < 4.78 is 10.5. The molecule has 0 radical (unpaired) electrons. The van der Waals surface area contributed by atoms with Gasteiger partial charge in [0, 0.05) is 10.9 Å². The fraction of sp³-hybridized carbons (Fsp3) is 0.143. The lowest BCUT2D eigenvalue weighted by atomic mass is 10.0. The van der Waals surface area contributed by atoms with Gasteiger partial charge in [0.1, 0.15) is 0 Å². The predicted octanol–water partition coefficient (Wildman–Crippen LogP) is 4.46. The first-order chi connectivity index (χ1) is 12.1. The zero-order valence-electron chi connectivity index (χ0n) is 14.4. The first-order valence-electron chi connectivity index (χ1n) is 7.93. The van der Waals surface area contributed by atoms with E-state index >= 15 is 0 Å². The van der Waals surface area contributed by atoms with Crippen molar-refractivity contribution < 1.29 is 14.3 Å². The average Bonchev–Trinajstić information content (AvgIpc) is 2.65. The van der Waals surface area contributed by atoms with E-state index in [2.05, 4.69) is 4.98 Å². The third-order valence-corrected chi connectivity index (χ3v) is 4.02. The molecule has 0 aliphatic carbocycles. The van der Waals surface area contributed by atoms with E-state index in [-0.39, 0.29) is 5.78 Å². The van der Waals surface area contributed by atoms with Crippen LogP contribution in [0.3, 0.4) is 0 Å². The molecule has 0 aliphatic rings. The van der Waals surface area contributed by atoms with E-state index in [4.69, 9.17) is 9.47 Å². The summed E-state index contributed by atoms with van der Waals surface area (Å²) in [6, 6.07) is 15.3. The van der Waals surface area contributed by atoms with Crippen molar-refractivity contribution in [1.29, 1.82) is 0 Å². The number of nitrogens with zero attached hydrogens (tertiary/aromatic N) is 1. The number of pyridine rings is 1. The van der Waals surface area contributed by atoms with E-state index in [9.17, 15) is 4.79 Å². The van der Waals surface area contributed by atoms with Crippen molar-refractivity contribution >= 4 is 22.8 Å². The molecule has 0 amide bonds. The SMILES string of the molecule is COc1cc(C)c(C(=O)/C=C/c2ccc3ccccc3n2)cc1OC. The Kier molecular flexibility index (Phi) is 4.80. The zero-order valence-corrected chi connectivity index (χ0v) is 14.4. The maximum absolute atomic E-state index is 12.6. The van der Waals surface area contributed by atoms with Crippen molar-refractivity contribution in [1.82, 2.24) is 4.98 Å². The molecule has 25 heavy (non-hydrogen) atoms. The van der Waals surface area contributed by atoms with Crippen LogP contribution in [-0.4, -0.2) is 25.0 Å². The standard InChI is InChI=1S/C21H19NO3/c1-14-12-20(24-2)21(25-3)13-17(14)19(23)11-10-16-9-8-15-6-4-5-7-18(15)22-16/h4-13H,1-3H3/b11-10+. The molecule has 0 bridgehead atoms. The van der Waals surface area contributed by atoms with Crippen molar-refractivity contribution in [3.63, 3.8) is 0 Å². The van der Waals surface area contributed by atoms with Gasteiger partial charge in [0.05, 0.1) is 25.4 Å². The molecule has 0 saturated carbocycles. The highest BCUT2D eigenvalue weighted by Gasteiger charge is 2.12. The molecule has 126 valence electrons. The number of carbonyl (C=O) groups excluding carboxylic acids is 1. The third kappa shape index (κ3) is 3.53. The summed E-state index contributed by atoms with van der Waals surface area (Å²) in [5, 5.41) is 1.07. The van der Waals surface area contributed by atoms with Crippen LogP contribution >= 0.6 is 0 Å². The van der Waals surface area contributed by atoms with Crippen LogP contribution in [0.5, 0.6) is 11.5 Å². The molecule has 4 nitrogen and oxygen atoms in total. The largest absolute Gasteiger partial charge is 0.493 e. The Balaban J connectivity index is 1.89. The van der Waals surface area contributed by atoms with Crippen molar-refractivity contribution in [2.75, 3.05) is 14.2 Å². The van der Waals surface area contributed by atoms with Crippen molar-refractivity contribution in [3.8, 4) is 11.5 Å². The number of aromatic nitrogens is 1. The lowest BCUT2D eigenvalue weighted by molar-refractivity contribution is 0.104. The normalized spacial score (nSPS) is 11.0. The topological polar surface area (TPSA) is 48.4 Å². The van der Waals surface area contributed by atoms with E-state index in [1.165, 1.54) is 6.08 Å². The van der Waals surface area contributed by atoms with Gasteiger partial charge in [-0.2, -0.15) is 0 Å². The first kappa shape index (κ1) is 16.7. The smallest absolute Gasteiger partial charge is 0.186 e. The van der Waals surface area contributed by atoms with Crippen LogP contribution in [0, 0.1) is 6.92 Å². The molecule has 0 unspecified atom stereocenters. The van der Waals surface area contributed by atoms with Crippen molar-refractivity contribution in [3.05, 3.63) is 71.4 Å². The van der Waals surface area contributed by atoms with Crippen LogP contribution in [0.1, 0.15) is 21.6 Å². The molecule has 0 fully saturated rings. The summed E-state index contributed by atoms with van der Waals surface area (Å²) in [4.78, 5) is 17.1. The fourth-order valence-corrected chi connectivity index (χ4v) is 2.67. The number of aryl methyl sites for hydroxylation is 1. The molecule has 0 spiro atoms. The first-order valence-corrected chi connectivity index (χ1v) is 7.93. The summed E-state index contributed by atoms with van der Waals surface area (Å²) in [5.74, 6) is 1.04. The highest BCUT2D eigenvalue weighted by atomic mass is 16.5. The number of ketones is 1. The highest BCUT2D eigenvalue weighted by Crippen LogP contribution is 2.30. The number of ether oxygens (including phenoxy) is 2. The van der Waals surface area contributed by atoms with Gasteiger partial charge in [-0.15, -0.1) is 0 Å². The minimum atomic E-state index is -0.103. The summed E-state index contributed by atoms with van der Waals surface area (Å²) in [7, 11) is 3.13. The number of benzene rings is 2. The average molecular weight is 333 g/mol. The lowest BCUT2D eigenvalue weighted by Gasteiger charge is -2.11. The Morgan fingerprint density at radius 3 is 2.48 bits per heavy atom. The summed E-state index contributed by atoms with van der Waals surface area (Å²) in [5.41, 5.74) is 3.05. The van der Waals surface area contributed by atoms with Gasteiger partial charge < -0.3 is 9.47 Å². The molecule has 0 atom stereocenters. The fourth-order valence-electron chi connectivity index (χ4n) is 2.67. The van der Waals surface area contributed by atoms with Crippen LogP contribution in [-0.2, 0) is 0 Å². The molecule has 2 aromatic carbocycles. The second kappa shape index (κ2) is 7.18. The molecule has 1 heterocycles. The molecule has 0 N–H and O–H groups in total. The Labute approximate surface area is 146 Å². The van der Waals surface area contributed by atoms with Gasteiger partial charge in [-0.25, -0.2) is 4.98 Å². The van der Waals surface area contributed by atoms with Crippen molar-refractivity contribution in [2.45, 2.75) is 6.92 Å². The van der Waals surface area contributed by atoms with Gasteiger partial charge in [-0.3, -0.25) is 4.79 Å². The van der Waals surface area contributed by atoms with Crippen molar-refractivity contribution in [2.24, 2.45) is 0 Å². The summed E-state index contributed by atoms with van der Waals surface area (Å²) >= 11 is 0. The van der Waals surface area contributed by atoms with Gasteiger partial charge in [-0.05, 0) is 48.9 Å². The zero-order chi connectivity index (χ0) is 17.8. The lowest BCUT2D eigenvalue weighted by Crippen LogP contribution is -2.01. The van der Waals surface area contributed by atoms with Crippen LogP contribution < -0.4 is 9.47 Å². The van der Waals surface area contributed by atoms with E-state index in [1.807, 2.05) is 43.3 Å². The Morgan fingerprint density at radius 2 is 1.72 bits per heavy atom. The molecule has 1 aromatic heterocycles. The van der Waals surface area contributed by atoms with Gasteiger partial charge in [-0.1, -0.05) is 24.3 Å². The molecular formula is C21H19NO3. The van der Waals surface area contributed by atoms with Gasteiger partial charge in [0.2, 0.25) is 0 Å². The number of para-hydroxylation sites is 1. The van der Waals surface area contributed by atoms with E-state index < -0.39 is 0 Å². The number of allylic oxidation sites excluding steroid dienone is 1.